The average molecular weight is 456 g/mol. The number of benzene rings is 2. The third-order valence-corrected chi connectivity index (χ3v) is 5.83. The molecular weight excluding hydrogens is 430 g/mol. The Hall–Kier alpha value is -3.14. The van der Waals surface area contributed by atoms with Crippen molar-refractivity contribution in [3.8, 4) is 0 Å². The minimum atomic E-state index is -1.11. The number of piperazine rings is 1. The zero-order valence-corrected chi connectivity index (χ0v) is 18.1. The predicted molar refractivity (Wildman–Crippen MR) is 118 cm³/mol. The SMILES string of the molecule is O=C(O)c1cc(CNCCN2CCN(C(c3ccc(F)cc3)c3ccc(F)cc3)CC2)on1. The van der Waals surface area contributed by atoms with Crippen LogP contribution in [0.2, 0.25) is 0 Å². The lowest BCUT2D eigenvalue weighted by Gasteiger charge is -2.39. The van der Waals surface area contributed by atoms with Crippen molar-refractivity contribution >= 4 is 5.97 Å². The molecule has 1 aromatic heterocycles. The minimum absolute atomic E-state index is 0.0682. The van der Waals surface area contributed by atoms with Crippen molar-refractivity contribution in [2.24, 2.45) is 0 Å². The number of carboxylic acids is 1. The van der Waals surface area contributed by atoms with Gasteiger partial charge in [0.1, 0.15) is 11.6 Å². The van der Waals surface area contributed by atoms with Crippen LogP contribution in [-0.2, 0) is 6.54 Å². The molecule has 0 spiro atoms. The Kier molecular flexibility index (Phi) is 7.43. The van der Waals surface area contributed by atoms with E-state index in [1.807, 2.05) is 0 Å². The van der Waals surface area contributed by atoms with Crippen LogP contribution in [0.4, 0.5) is 8.78 Å². The van der Waals surface area contributed by atoms with Gasteiger partial charge >= 0.3 is 5.97 Å². The van der Waals surface area contributed by atoms with Gasteiger partial charge in [-0.15, -0.1) is 0 Å². The normalized spacial score (nSPS) is 15.2. The van der Waals surface area contributed by atoms with Gasteiger partial charge in [-0.05, 0) is 35.4 Å². The van der Waals surface area contributed by atoms with Crippen molar-refractivity contribution in [1.29, 1.82) is 0 Å². The number of halogens is 2. The summed E-state index contributed by atoms with van der Waals surface area (Å²) < 4.78 is 32.0. The predicted octanol–water partition coefficient (Wildman–Crippen LogP) is 3.15. The van der Waals surface area contributed by atoms with Crippen molar-refractivity contribution in [3.63, 3.8) is 0 Å². The number of aromatic nitrogens is 1. The summed E-state index contributed by atoms with van der Waals surface area (Å²) in [4.78, 5) is 15.5. The van der Waals surface area contributed by atoms with E-state index in [1.54, 1.807) is 24.3 Å². The average Bonchev–Trinajstić information content (AvgIpc) is 3.30. The first-order valence-electron chi connectivity index (χ1n) is 10.9. The van der Waals surface area contributed by atoms with Crippen molar-refractivity contribution in [3.05, 3.63) is 88.8 Å². The fraction of sp³-hybridized carbons (Fsp3) is 0.333. The van der Waals surface area contributed by atoms with Crippen molar-refractivity contribution < 1.29 is 23.2 Å². The second-order valence-corrected chi connectivity index (χ2v) is 8.04. The van der Waals surface area contributed by atoms with Gasteiger partial charge in [-0.3, -0.25) is 9.80 Å². The van der Waals surface area contributed by atoms with Crippen LogP contribution in [0.5, 0.6) is 0 Å². The molecule has 9 heteroatoms. The highest BCUT2D eigenvalue weighted by molar-refractivity contribution is 5.85. The monoisotopic (exact) mass is 456 g/mol. The number of nitrogens with one attached hydrogen (secondary N) is 1. The second-order valence-electron chi connectivity index (χ2n) is 8.04. The molecule has 174 valence electrons. The maximum Gasteiger partial charge on any atom is 0.358 e. The molecule has 1 fully saturated rings. The molecule has 0 radical (unpaired) electrons. The fourth-order valence-corrected chi connectivity index (χ4v) is 4.10. The highest BCUT2D eigenvalue weighted by Crippen LogP contribution is 2.30. The molecule has 0 bridgehead atoms. The first kappa shape index (κ1) is 23.0. The molecule has 0 amide bonds. The Labute approximate surface area is 190 Å². The summed E-state index contributed by atoms with van der Waals surface area (Å²) in [5, 5.41) is 15.6. The van der Waals surface area contributed by atoms with E-state index in [0.29, 0.717) is 12.3 Å². The molecule has 1 aliphatic heterocycles. The van der Waals surface area contributed by atoms with E-state index in [9.17, 15) is 13.6 Å². The molecule has 0 unspecified atom stereocenters. The Morgan fingerprint density at radius 3 is 2.09 bits per heavy atom. The molecule has 1 aliphatic rings. The number of nitrogens with zero attached hydrogens (tertiary/aromatic N) is 3. The molecule has 0 aliphatic carbocycles. The standard InChI is InChI=1S/C24H26F2N4O3/c25-19-5-1-17(2-6-19)23(18-3-7-20(26)8-4-18)30-13-11-29(12-14-30)10-9-27-16-21-15-22(24(31)32)28-33-21/h1-8,15,23,27H,9-14,16H2,(H,31,32). The molecule has 2 N–H and O–H groups in total. The van der Waals surface area contributed by atoms with Crippen molar-refractivity contribution in [2.75, 3.05) is 39.3 Å². The molecule has 7 nitrogen and oxygen atoms in total. The topological polar surface area (TPSA) is 81.8 Å². The van der Waals surface area contributed by atoms with Crippen LogP contribution in [0, 0.1) is 11.6 Å². The quantitative estimate of drug-likeness (QED) is 0.479. The van der Waals surface area contributed by atoms with Gasteiger partial charge in [0.05, 0.1) is 12.6 Å². The van der Waals surface area contributed by atoms with Gasteiger partial charge in [0.25, 0.3) is 0 Å². The van der Waals surface area contributed by atoms with Crippen LogP contribution in [0.3, 0.4) is 0 Å². The van der Waals surface area contributed by atoms with E-state index in [1.165, 1.54) is 30.3 Å². The van der Waals surface area contributed by atoms with Crippen LogP contribution < -0.4 is 5.32 Å². The molecule has 0 atom stereocenters. The first-order valence-corrected chi connectivity index (χ1v) is 10.9. The molecule has 2 aromatic carbocycles. The molecule has 0 saturated carbocycles. The highest BCUT2D eigenvalue weighted by Gasteiger charge is 2.26. The van der Waals surface area contributed by atoms with Gasteiger partial charge < -0.3 is 14.9 Å². The van der Waals surface area contributed by atoms with Crippen LogP contribution in [0.1, 0.15) is 33.4 Å². The van der Waals surface area contributed by atoms with E-state index in [4.69, 9.17) is 9.63 Å². The summed E-state index contributed by atoms with van der Waals surface area (Å²) in [7, 11) is 0. The lowest BCUT2D eigenvalue weighted by molar-refractivity contribution is 0.0685. The largest absolute Gasteiger partial charge is 0.476 e. The highest BCUT2D eigenvalue weighted by atomic mass is 19.1. The maximum absolute atomic E-state index is 13.5. The number of carbonyl (C=O) groups is 1. The third kappa shape index (κ3) is 6.01. The van der Waals surface area contributed by atoms with Crippen LogP contribution in [0.25, 0.3) is 0 Å². The number of hydrogen-bond donors (Lipinski definition) is 2. The fourth-order valence-electron chi connectivity index (χ4n) is 4.10. The smallest absolute Gasteiger partial charge is 0.358 e. The molecule has 1 saturated heterocycles. The van der Waals surface area contributed by atoms with E-state index in [-0.39, 0.29) is 23.4 Å². The third-order valence-electron chi connectivity index (χ3n) is 5.83. The maximum atomic E-state index is 13.5. The van der Waals surface area contributed by atoms with Crippen LogP contribution in [0.15, 0.2) is 59.1 Å². The van der Waals surface area contributed by atoms with E-state index in [2.05, 4.69) is 20.3 Å². The molecule has 3 aromatic rings. The van der Waals surface area contributed by atoms with Crippen molar-refractivity contribution in [1.82, 2.24) is 20.3 Å². The summed E-state index contributed by atoms with van der Waals surface area (Å²) >= 11 is 0. The molecule has 2 heterocycles. The van der Waals surface area contributed by atoms with E-state index in [0.717, 1.165) is 50.4 Å². The lowest BCUT2D eigenvalue weighted by atomic mass is 9.96. The Balaban J connectivity index is 1.31. The Morgan fingerprint density at radius 2 is 1.58 bits per heavy atom. The Bertz CT molecular complexity index is 1000. The molecule has 4 rings (SSSR count). The van der Waals surface area contributed by atoms with Crippen molar-refractivity contribution in [2.45, 2.75) is 12.6 Å². The summed E-state index contributed by atoms with van der Waals surface area (Å²) in [6.07, 6.45) is 0. The summed E-state index contributed by atoms with van der Waals surface area (Å²) in [5.74, 6) is -1.18. The summed E-state index contributed by atoms with van der Waals surface area (Å²) in [6, 6.07) is 14.4. The van der Waals surface area contributed by atoms with Gasteiger partial charge in [0, 0.05) is 45.3 Å². The first-order chi connectivity index (χ1) is 16.0. The summed E-state index contributed by atoms with van der Waals surface area (Å²) in [5.41, 5.74) is 1.86. The number of rotatable bonds is 9. The molecule has 33 heavy (non-hydrogen) atoms. The van der Waals surface area contributed by atoms with Gasteiger partial charge in [-0.2, -0.15) is 0 Å². The van der Waals surface area contributed by atoms with Gasteiger partial charge in [0.2, 0.25) is 0 Å². The zero-order valence-electron chi connectivity index (χ0n) is 18.1. The number of hydrogen-bond acceptors (Lipinski definition) is 6. The summed E-state index contributed by atoms with van der Waals surface area (Å²) in [6.45, 7) is 5.36. The second kappa shape index (κ2) is 10.7. The zero-order chi connectivity index (χ0) is 23.2. The van der Waals surface area contributed by atoms with Gasteiger partial charge in [0.15, 0.2) is 11.5 Å². The van der Waals surface area contributed by atoms with Gasteiger partial charge in [-0.25, -0.2) is 13.6 Å². The lowest BCUT2D eigenvalue weighted by Crippen LogP contribution is -2.49. The molecular formula is C24H26F2N4O3. The minimum Gasteiger partial charge on any atom is -0.476 e. The van der Waals surface area contributed by atoms with E-state index < -0.39 is 5.97 Å². The number of aromatic carboxylic acids is 1. The van der Waals surface area contributed by atoms with Crippen LogP contribution in [-0.4, -0.2) is 65.3 Å². The van der Waals surface area contributed by atoms with E-state index >= 15 is 0 Å². The van der Waals surface area contributed by atoms with Gasteiger partial charge in [-0.1, -0.05) is 29.4 Å². The Morgan fingerprint density at radius 1 is 1.00 bits per heavy atom. The number of carboxylic acid groups (broad SMARTS) is 1. The van der Waals surface area contributed by atoms with Crippen LogP contribution >= 0.6 is 0 Å².